The summed E-state index contributed by atoms with van der Waals surface area (Å²) in [5.41, 5.74) is 10.4. The molecule has 0 atom stereocenters. The molecule has 2 heterocycles. The molecular weight excluding hydrogens is 326 g/mol. The Morgan fingerprint density at radius 3 is 2.46 bits per heavy atom. The molecule has 3 aromatic rings. The minimum Gasteiger partial charge on any atom is -0.397 e. The Morgan fingerprint density at radius 2 is 1.88 bits per heavy atom. The van der Waals surface area contributed by atoms with Gasteiger partial charge in [-0.3, -0.25) is 14.5 Å². The van der Waals surface area contributed by atoms with Crippen molar-refractivity contribution in [2.24, 2.45) is 7.05 Å². The molecule has 0 aliphatic heterocycles. The van der Waals surface area contributed by atoms with Gasteiger partial charge in [-0.05, 0) is 34.7 Å². The van der Waals surface area contributed by atoms with Crippen molar-refractivity contribution >= 4 is 17.3 Å². The van der Waals surface area contributed by atoms with E-state index in [1.165, 1.54) is 0 Å². The van der Waals surface area contributed by atoms with Crippen molar-refractivity contribution in [2.75, 3.05) is 11.1 Å². The summed E-state index contributed by atoms with van der Waals surface area (Å²) >= 11 is 0. The van der Waals surface area contributed by atoms with E-state index in [9.17, 15) is 4.79 Å². The van der Waals surface area contributed by atoms with E-state index in [2.05, 4.69) is 36.2 Å². The standard InChI is InChI=1S/C20H23N5O/c1-20(2,3)15-6-8-17(22-11-15)19(26)24-18-9-13(5-7-16(18)21)14-10-23-25(4)12-14/h5-12H,21H2,1-4H3,(H,24,26). The molecule has 0 aliphatic rings. The third-order valence-electron chi connectivity index (χ3n) is 4.20. The summed E-state index contributed by atoms with van der Waals surface area (Å²) in [6.45, 7) is 6.32. The molecule has 0 aliphatic carbocycles. The monoisotopic (exact) mass is 349 g/mol. The molecule has 3 rings (SSSR count). The summed E-state index contributed by atoms with van der Waals surface area (Å²) in [6, 6.07) is 9.18. The third-order valence-corrected chi connectivity index (χ3v) is 4.20. The van der Waals surface area contributed by atoms with Crippen molar-refractivity contribution in [3.05, 3.63) is 60.2 Å². The van der Waals surface area contributed by atoms with E-state index in [-0.39, 0.29) is 11.3 Å². The van der Waals surface area contributed by atoms with Gasteiger partial charge in [0.05, 0.1) is 17.6 Å². The van der Waals surface area contributed by atoms with Crippen molar-refractivity contribution in [3.8, 4) is 11.1 Å². The van der Waals surface area contributed by atoms with Gasteiger partial charge in [0.25, 0.3) is 5.91 Å². The quantitative estimate of drug-likeness (QED) is 0.707. The van der Waals surface area contributed by atoms with Crippen molar-refractivity contribution < 1.29 is 4.79 Å². The van der Waals surface area contributed by atoms with Gasteiger partial charge >= 0.3 is 0 Å². The first-order valence-electron chi connectivity index (χ1n) is 8.40. The average molecular weight is 349 g/mol. The lowest BCUT2D eigenvalue weighted by atomic mass is 9.88. The molecule has 6 nitrogen and oxygen atoms in total. The average Bonchev–Trinajstić information content (AvgIpc) is 3.02. The van der Waals surface area contributed by atoms with Crippen LogP contribution in [0.2, 0.25) is 0 Å². The number of benzene rings is 1. The van der Waals surface area contributed by atoms with Gasteiger partial charge in [-0.2, -0.15) is 5.10 Å². The zero-order valence-corrected chi connectivity index (χ0v) is 15.4. The Labute approximate surface area is 153 Å². The molecule has 26 heavy (non-hydrogen) atoms. The highest BCUT2D eigenvalue weighted by atomic mass is 16.1. The topological polar surface area (TPSA) is 85.8 Å². The van der Waals surface area contributed by atoms with Gasteiger partial charge in [0, 0.05) is 25.0 Å². The second kappa shape index (κ2) is 6.63. The smallest absolute Gasteiger partial charge is 0.274 e. The molecule has 0 saturated carbocycles. The van der Waals surface area contributed by atoms with Gasteiger partial charge in [0.1, 0.15) is 5.69 Å². The van der Waals surface area contributed by atoms with E-state index in [0.717, 1.165) is 16.7 Å². The number of hydrogen-bond donors (Lipinski definition) is 2. The summed E-state index contributed by atoms with van der Waals surface area (Å²) in [7, 11) is 1.86. The van der Waals surface area contributed by atoms with E-state index >= 15 is 0 Å². The fourth-order valence-electron chi connectivity index (χ4n) is 2.57. The highest BCUT2D eigenvalue weighted by molar-refractivity contribution is 6.04. The number of carbonyl (C=O) groups excluding carboxylic acids is 1. The molecule has 0 fully saturated rings. The summed E-state index contributed by atoms with van der Waals surface area (Å²) in [5.74, 6) is -0.291. The fourth-order valence-corrected chi connectivity index (χ4v) is 2.57. The largest absolute Gasteiger partial charge is 0.397 e. The maximum absolute atomic E-state index is 12.5. The second-order valence-corrected chi connectivity index (χ2v) is 7.34. The predicted octanol–water partition coefficient (Wildman–Crippen LogP) is 3.61. The van der Waals surface area contributed by atoms with Gasteiger partial charge in [-0.1, -0.05) is 32.9 Å². The van der Waals surface area contributed by atoms with E-state index in [1.54, 1.807) is 29.2 Å². The van der Waals surface area contributed by atoms with Crippen LogP contribution in [0.25, 0.3) is 11.1 Å². The number of nitrogens with one attached hydrogen (secondary N) is 1. The first kappa shape index (κ1) is 17.7. The normalized spacial score (nSPS) is 11.4. The zero-order valence-electron chi connectivity index (χ0n) is 15.4. The van der Waals surface area contributed by atoms with Crippen LogP contribution in [0.15, 0.2) is 48.9 Å². The Balaban J connectivity index is 1.83. The van der Waals surface area contributed by atoms with Crippen LogP contribution in [0.4, 0.5) is 11.4 Å². The van der Waals surface area contributed by atoms with Crippen LogP contribution >= 0.6 is 0 Å². The minimum absolute atomic E-state index is 0.00944. The summed E-state index contributed by atoms with van der Waals surface area (Å²) in [6.07, 6.45) is 5.41. The zero-order chi connectivity index (χ0) is 18.9. The number of anilines is 2. The van der Waals surface area contributed by atoms with Gasteiger partial charge in [0.15, 0.2) is 0 Å². The molecule has 6 heteroatoms. The second-order valence-electron chi connectivity index (χ2n) is 7.34. The van der Waals surface area contributed by atoms with Crippen LogP contribution in [0, 0.1) is 0 Å². The van der Waals surface area contributed by atoms with E-state index in [1.807, 2.05) is 31.4 Å². The van der Waals surface area contributed by atoms with Crippen LogP contribution in [0.3, 0.4) is 0 Å². The number of hydrogen-bond acceptors (Lipinski definition) is 4. The van der Waals surface area contributed by atoms with Gasteiger partial charge in [-0.25, -0.2) is 0 Å². The van der Waals surface area contributed by atoms with Crippen molar-refractivity contribution in [2.45, 2.75) is 26.2 Å². The van der Waals surface area contributed by atoms with Gasteiger partial charge in [0.2, 0.25) is 0 Å². The number of nitrogens with zero attached hydrogens (tertiary/aromatic N) is 3. The molecule has 0 radical (unpaired) electrons. The van der Waals surface area contributed by atoms with E-state index in [0.29, 0.717) is 17.1 Å². The Morgan fingerprint density at radius 1 is 1.12 bits per heavy atom. The third kappa shape index (κ3) is 3.74. The van der Waals surface area contributed by atoms with Crippen LogP contribution in [0.1, 0.15) is 36.8 Å². The molecule has 0 bridgehead atoms. The van der Waals surface area contributed by atoms with E-state index < -0.39 is 0 Å². The molecule has 0 saturated heterocycles. The van der Waals surface area contributed by atoms with Crippen molar-refractivity contribution in [1.82, 2.24) is 14.8 Å². The maximum Gasteiger partial charge on any atom is 0.274 e. The molecular formula is C20H23N5O. The molecule has 0 spiro atoms. The number of nitrogen functional groups attached to an aromatic ring is 1. The number of nitrogens with two attached hydrogens (primary N) is 1. The van der Waals surface area contributed by atoms with Gasteiger partial charge in [-0.15, -0.1) is 0 Å². The molecule has 0 unspecified atom stereocenters. The van der Waals surface area contributed by atoms with Gasteiger partial charge < -0.3 is 11.1 Å². The van der Waals surface area contributed by atoms with Crippen LogP contribution in [0.5, 0.6) is 0 Å². The Kier molecular flexibility index (Phi) is 4.50. The summed E-state index contributed by atoms with van der Waals surface area (Å²) < 4.78 is 1.73. The molecule has 1 amide bonds. The summed E-state index contributed by atoms with van der Waals surface area (Å²) in [5, 5.41) is 7.02. The number of aromatic nitrogens is 3. The SMILES string of the molecule is Cn1cc(-c2ccc(N)c(NC(=O)c3ccc(C(C)(C)C)cn3)c2)cn1. The molecule has 2 aromatic heterocycles. The first-order chi connectivity index (χ1) is 12.2. The van der Waals surface area contributed by atoms with Crippen molar-refractivity contribution in [1.29, 1.82) is 0 Å². The number of carbonyl (C=O) groups is 1. The van der Waals surface area contributed by atoms with Crippen LogP contribution in [-0.2, 0) is 12.5 Å². The van der Waals surface area contributed by atoms with Crippen LogP contribution in [-0.4, -0.2) is 20.7 Å². The lowest BCUT2D eigenvalue weighted by molar-refractivity contribution is 0.102. The van der Waals surface area contributed by atoms with Crippen molar-refractivity contribution in [3.63, 3.8) is 0 Å². The lowest BCUT2D eigenvalue weighted by Gasteiger charge is -2.18. The highest BCUT2D eigenvalue weighted by Gasteiger charge is 2.16. The molecule has 3 N–H and O–H groups in total. The number of rotatable bonds is 3. The highest BCUT2D eigenvalue weighted by Crippen LogP contribution is 2.27. The lowest BCUT2D eigenvalue weighted by Crippen LogP contribution is -2.17. The maximum atomic E-state index is 12.5. The number of pyridine rings is 1. The number of amides is 1. The molecule has 134 valence electrons. The first-order valence-corrected chi connectivity index (χ1v) is 8.40. The molecule has 1 aromatic carbocycles. The number of aryl methyl sites for hydroxylation is 1. The van der Waals surface area contributed by atoms with Crippen LogP contribution < -0.4 is 11.1 Å². The van der Waals surface area contributed by atoms with E-state index in [4.69, 9.17) is 5.73 Å². The summed E-state index contributed by atoms with van der Waals surface area (Å²) in [4.78, 5) is 16.8. The Hall–Kier alpha value is -3.15. The minimum atomic E-state index is -0.291. The fraction of sp³-hybridized carbons (Fsp3) is 0.250. The predicted molar refractivity (Wildman–Crippen MR) is 104 cm³/mol. The Bertz CT molecular complexity index is 936.